The highest BCUT2D eigenvalue weighted by atomic mass is 16.4. The van der Waals surface area contributed by atoms with Crippen molar-refractivity contribution in [3.05, 3.63) is 35.4 Å². The molecule has 2 rings (SSSR count). The van der Waals surface area contributed by atoms with Crippen molar-refractivity contribution in [1.29, 1.82) is 0 Å². The van der Waals surface area contributed by atoms with Crippen LogP contribution < -0.4 is 0 Å². The molecule has 0 aromatic heterocycles. The number of aliphatic hydroxyl groups is 1. The summed E-state index contributed by atoms with van der Waals surface area (Å²) in [5.74, 6) is -1.35. The van der Waals surface area contributed by atoms with Gasteiger partial charge in [-0.15, -0.1) is 0 Å². The second-order valence-corrected chi connectivity index (χ2v) is 5.09. The summed E-state index contributed by atoms with van der Waals surface area (Å²) in [6.07, 6.45) is 1.71. The van der Waals surface area contributed by atoms with E-state index in [1.165, 1.54) is 0 Å². The Morgan fingerprint density at radius 2 is 2.11 bits per heavy atom. The van der Waals surface area contributed by atoms with Crippen LogP contribution in [0, 0.1) is 5.92 Å². The smallest absolute Gasteiger partial charge is 0.310 e. The molecule has 3 heteroatoms. The maximum Gasteiger partial charge on any atom is 0.310 e. The van der Waals surface area contributed by atoms with Crippen LogP contribution in [0.1, 0.15) is 44.6 Å². The molecule has 18 heavy (non-hydrogen) atoms. The van der Waals surface area contributed by atoms with Gasteiger partial charge in [-0.1, -0.05) is 30.7 Å². The van der Waals surface area contributed by atoms with Crippen molar-refractivity contribution in [2.45, 2.75) is 44.6 Å². The van der Waals surface area contributed by atoms with E-state index >= 15 is 0 Å². The van der Waals surface area contributed by atoms with E-state index in [2.05, 4.69) is 0 Å². The maximum absolute atomic E-state index is 10.9. The molecule has 3 nitrogen and oxygen atoms in total. The molecule has 0 bridgehead atoms. The van der Waals surface area contributed by atoms with Crippen LogP contribution in [0.4, 0.5) is 0 Å². The Morgan fingerprint density at radius 3 is 2.61 bits per heavy atom. The Bertz CT molecular complexity index is 453. The Balaban J connectivity index is 2.05. The number of carboxylic acid groups (broad SMARTS) is 1. The third-order valence-corrected chi connectivity index (χ3v) is 3.79. The van der Waals surface area contributed by atoms with E-state index in [0.29, 0.717) is 12.8 Å². The maximum atomic E-state index is 10.9. The van der Waals surface area contributed by atoms with Crippen molar-refractivity contribution < 1.29 is 16.4 Å². The minimum absolute atomic E-state index is 0.0183. The zero-order valence-corrected chi connectivity index (χ0v) is 10.6. The first-order chi connectivity index (χ1) is 8.90. The van der Waals surface area contributed by atoms with Gasteiger partial charge in [-0.05, 0) is 43.2 Å². The molecule has 0 heterocycles. The summed E-state index contributed by atoms with van der Waals surface area (Å²) in [5.41, 5.74) is 1.84. The van der Waals surface area contributed by atoms with Crippen LogP contribution in [0.2, 0.25) is 0 Å². The van der Waals surface area contributed by atoms with E-state index < -0.39 is 18.0 Å². The third kappa shape index (κ3) is 2.91. The van der Waals surface area contributed by atoms with Crippen LogP contribution in [-0.4, -0.2) is 22.3 Å². The van der Waals surface area contributed by atoms with Crippen molar-refractivity contribution in [2.24, 2.45) is 5.92 Å². The van der Waals surface area contributed by atoms with Crippen molar-refractivity contribution >= 4 is 5.97 Å². The molecule has 0 amide bonds. The molecule has 2 N–H and O–H groups in total. The van der Waals surface area contributed by atoms with Gasteiger partial charge in [0.2, 0.25) is 0 Å². The molecule has 0 radical (unpaired) electrons. The first kappa shape index (κ1) is 11.7. The number of benzene rings is 1. The third-order valence-electron chi connectivity index (χ3n) is 3.79. The monoisotopic (exact) mass is 249 g/mol. The number of rotatable bonds is 4. The molecule has 1 aliphatic rings. The summed E-state index contributed by atoms with van der Waals surface area (Å²) in [6, 6.07) is 7.46. The quantitative estimate of drug-likeness (QED) is 0.862. The highest BCUT2D eigenvalue weighted by Gasteiger charge is 2.25. The fourth-order valence-electron chi connectivity index (χ4n) is 2.49. The summed E-state index contributed by atoms with van der Waals surface area (Å²) < 4.78 is 7.84. The first-order valence-corrected chi connectivity index (χ1v) is 6.44. The highest BCUT2D eigenvalue weighted by molar-refractivity contribution is 5.75. The minimum Gasteiger partial charge on any atom is -0.481 e. The van der Waals surface area contributed by atoms with Gasteiger partial charge in [0.1, 0.15) is 0 Å². The van der Waals surface area contributed by atoms with Gasteiger partial charge >= 0.3 is 5.97 Å². The summed E-state index contributed by atoms with van der Waals surface area (Å²) in [7, 11) is 0. The predicted octanol–water partition coefficient (Wildman–Crippen LogP) is 2.58. The van der Waals surface area contributed by atoms with Crippen LogP contribution in [0.5, 0.6) is 0 Å². The van der Waals surface area contributed by atoms with Crippen molar-refractivity contribution in [1.82, 2.24) is 0 Å². The van der Waals surface area contributed by atoms with Crippen LogP contribution >= 0.6 is 0 Å². The van der Waals surface area contributed by atoms with Crippen LogP contribution in [0.25, 0.3) is 0 Å². The van der Waals surface area contributed by atoms with Gasteiger partial charge in [0, 0.05) is 0 Å². The van der Waals surface area contributed by atoms with E-state index in [1.54, 1.807) is 6.92 Å². The lowest BCUT2D eigenvalue weighted by Crippen LogP contribution is -2.15. The Morgan fingerprint density at radius 1 is 1.44 bits per heavy atom. The van der Waals surface area contributed by atoms with Crippen molar-refractivity contribution in [3.63, 3.8) is 0 Å². The summed E-state index contributed by atoms with van der Waals surface area (Å²) in [4.78, 5) is 10.9. The molecule has 1 unspecified atom stereocenters. The molecular weight excluding hydrogens is 228 g/mol. The largest absolute Gasteiger partial charge is 0.481 e. The molecule has 0 spiro atoms. The molecule has 0 aliphatic heterocycles. The van der Waals surface area contributed by atoms with Crippen molar-refractivity contribution in [2.75, 3.05) is 0 Å². The van der Waals surface area contributed by atoms with Crippen LogP contribution in [0.3, 0.4) is 0 Å². The molecule has 1 saturated carbocycles. The van der Waals surface area contributed by atoms with Crippen molar-refractivity contribution in [3.8, 4) is 0 Å². The molecule has 0 saturated heterocycles. The fraction of sp³-hybridized carbons (Fsp3) is 0.533. The second-order valence-electron chi connectivity index (χ2n) is 5.09. The topological polar surface area (TPSA) is 57.5 Å². The average molecular weight is 249 g/mol. The zero-order valence-electron chi connectivity index (χ0n) is 11.6. The number of aliphatic carboxylic acids is 1. The van der Waals surface area contributed by atoms with E-state index in [9.17, 15) is 9.90 Å². The highest BCUT2D eigenvalue weighted by Crippen LogP contribution is 2.29. The number of carboxylic acids is 1. The molecule has 3 atom stereocenters. The Hall–Kier alpha value is -1.35. The molecule has 98 valence electrons. The predicted molar refractivity (Wildman–Crippen MR) is 69.5 cm³/mol. The van der Waals surface area contributed by atoms with Gasteiger partial charge < -0.3 is 10.2 Å². The second kappa shape index (κ2) is 5.53. The molecule has 1 aromatic carbocycles. The minimum atomic E-state index is -1.30. The van der Waals surface area contributed by atoms with E-state index in [4.69, 9.17) is 6.48 Å². The summed E-state index contributed by atoms with van der Waals surface area (Å²) in [5, 5.41) is 18.9. The number of hydrogen-bond donors (Lipinski definition) is 2. The normalized spacial score (nSPS) is 29.9. The van der Waals surface area contributed by atoms with E-state index in [-0.39, 0.29) is 5.92 Å². The van der Waals surface area contributed by atoms with E-state index in [0.717, 1.165) is 24.0 Å². The first-order valence-electron chi connectivity index (χ1n) is 6.94. The van der Waals surface area contributed by atoms with Crippen LogP contribution in [-0.2, 0) is 11.2 Å². The molecular formula is C15H20O3. The number of carbonyl (C=O) groups is 1. The SMILES string of the molecule is [2H][C@]1(O)CCC[C@H]1Cc1ccc(C(C)C(=O)O)cc1. The van der Waals surface area contributed by atoms with Gasteiger partial charge in [-0.2, -0.15) is 0 Å². The molecule has 1 aromatic rings. The number of hydrogen-bond acceptors (Lipinski definition) is 2. The molecule has 1 aliphatic carbocycles. The van der Waals surface area contributed by atoms with Crippen LogP contribution in [0.15, 0.2) is 24.3 Å². The standard InChI is InChI=1S/C15H20O3/c1-10(15(17)18)12-7-5-11(6-8-12)9-13-3-2-4-14(13)16/h5-8,10,13-14,16H,2-4,9H2,1H3,(H,17,18)/t10?,13-,14-/m0/s1/i14D. The fourth-order valence-corrected chi connectivity index (χ4v) is 2.49. The molecule has 1 fully saturated rings. The zero-order chi connectivity index (χ0) is 14.0. The summed E-state index contributed by atoms with van der Waals surface area (Å²) in [6.45, 7) is 1.66. The van der Waals surface area contributed by atoms with Gasteiger partial charge in [0.25, 0.3) is 0 Å². The van der Waals surface area contributed by atoms with Gasteiger partial charge in [0.05, 0.1) is 13.4 Å². The lowest BCUT2D eigenvalue weighted by Gasteiger charge is -2.15. The Labute approximate surface area is 109 Å². The Kier molecular flexibility index (Phi) is 3.60. The lowest BCUT2D eigenvalue weighted by molar-refractivity contribution is -0.138. The average Bonchev–Trinajstić information content (AvgIpc) is 2.69. The lowest BCUT2D eigenvalue weighted by atomic mass is 9.94. The van der Waals surface area contributed by atoms with E-state index in [1.807, 2.05) is 24.3 Å². The summed E-state index contributed by atoms with van der Waals surface area (Å²) >= 11 is 0. The van der Waals surface area contributed by atoms with Gasteiger partial charge in [-0.3, -0.25) is 4.79 Å². The van der Waals surface area contributed by atoms with Gasteiger partial charge in [-0.25, -0.2) is 0 Å². The van der Waals surface area contributed by atoms with Gasteiger partial charge in [0.15, 0.2) is 0 Å².